The second-order valence-corrected chi connectivity index (χ2v) is 6.96. The van der Waals surface area contributed by atoms with Crippen molar-refractivity contribution in [3.05, 3.63) is 23.8 Å². The normalized spacial score (nSPS) is 19.2. The highest BCUT2D eigenvalue weighted by molar-refractivity contribution is 5.91. The number of nitrogens with zero attached hydrogens (tertiary/aromatic N) is 2. The molecule has 1 saturated carbocycles. The van der Waals surface area contributed by atoms with Gasteiger partial charge in [-0.15, -0.1) is 0 Å². The van der Waals surface area contributed by atoms with E-state index in [1.54, 1.807) is 6.07 Å². The van der Waals surface area contributed by atoms with Crippen molar-refractivity contribution in [3.63, 3.8) is 0 Å². The maximum Gasteiger partial charge on any atom is 0.224 e. The first-order valence-electron chi connectivity index (χ1n) is 8.92. The standard InChI is InChI=1S/C19H25N3O2/c20-13-15-12-16(21-19(24)11-14-3-1-2-4-14)5-6-18(15)22-9-7-17(23)8-10-22/h5-6,12,14,17,23H,1-4,7-11H2,(H,21,24). The summed E-state index contributed by atoms with van der Waals surface area (Å²) in [4.78, 5) is 14.3. The third-order valence-corrected chi connectivity index (χ3v) is 5.15. The molecule has 0 spiro atoms. The summed E-state index contributed by atoms with van der Waals surface area (Å²) in [6.45, 7) is 1.51. The lowest BCUT2D eigenvalue weighted by Crippen LogP contribution is -2.36. The molecule has 1 amide bonds. The van der Waals surface area contributed by atoms with Crippen molar-refractivity contribution >= 4 is 17.3 Å². The van der Waals surface area contributed by atoms with Crippen LogP contribution < -0.4 is 10.2 Å². The summed E-state index contributed by atoms with van der Waals surface area (Å²) < 4.78 is 0. The van der Waals surface area contributed by atoms with E-state index in [4.69, 9.17) is 0 Å². The van der Waals surface area contributed by atoms with Gasteiger partial charge in [0.05, 0.1) is 17.4 Å². The van der Waals surface area contributed by atoms with Gasteiger partial charge in [-0.05, 0) is 49.8 Å². The van der Waals surface area contributed by atoms with Gasteiger partial charge in [0.1, 0.15) is 6.07 Å². The fraction of sp³-hybridized carbons (Fsp3) is 0.579. The molecule has 5 heteroatoms. The van der Waals surface area contributed by atoms with Crippen molar-refractivity contribution < 1.29 is 9.90 Å². The van der Waals surface area contributed by atoms with Crippen LogP contribution in [-0.2, 0) is 4.79 Å². The molecule has 2 fully saturated rings. The van der Waals surface area contributed by atoms with Gasteiger partial charge in [0.2, 0.25) is 5.91 Å². The Kier molecular flexibility index (Phi) is 5.37. The predicted molar refractivity (Wildman–Crippen MR) is 93.8 cm³/mol. The Bertz CT molecular complexity index is 624. The lowest BCUT2D eigenvalue weighted by molar-refractivity contribution is -0.117. The maximum atomic E-state index is 12.2. The van der Waals surface area contributed by atoms with Gasteiger partial charge in [-0.1, -0.05) is 12.8 Å². The molecule has 1 aromatic rings. The molecular formula is C19H25N3O2. The number of amides is 1. The van der Waals surface area contributed by atoms with Crippen molar-refractivity contribution in [1.82, 2.24) is 0 Å². The number of nitriles is 1. The summed E-state index contributed by atoms with van der Waals surface area (Å²) in [5.41, 5.74) is 2.15. The molecule has 2 N–H and O–H groups in total. The Labute approximate surface area is 143 Å². The van der Waals surface area contributed by atoms with E-state index < -0.39 is 0 Å². The molecule has 24 heavy (non-hydrogen) atoms. The average Bonchev–Trinajstić information content (AvgIpc) is 3.08. The fourth-order valence-electron chi connectivity index (χ4n) is 3.77. The topological polar surface area (TPSA) is 76.4 Å². The van der Waals surface area contributed by atoms with E-state index in [9.17, 15) is 15.2 Å². The van der Waals surface area contributed by atoms with Crippen LogP contribution in [0.5, 0.6) is 0 Å². The Morgan fingerprint density at radius 1 is 1.25 bits per heavy atom. The van der Waals surface area contributed by atoms with Gasteiger partial charge in [-0.3, -0.25) is 4.79 Å². The van der Waals surface area contributed by atoms with Gasteiger partial charge in [-0.2, -0.15) is 5.26 Å². The molecule has 5 nitrogen and oxygen atoms in total. The van der Waals surface area contributed by atoms with Crippen LogP contribution in [-0.4, -0.2) is 30.2 Å². The van der Waals surface area contributed by atoms with E-state index >= 15 is 0 Å². The summed E-state index contributed by atoms with van der Waals surface area (Å²) in [5.74, 6) is 0.555. The number of benzene rings is 1. The molecule has 1 heterocycles. The Balaban J connectivity index is 1.65. The van der Waals surface area contributed by atoms with Crippen LogP contribution in [0, 0.1) is 17.2 Å². The van der Waals surface area contributed by atoms with Crippen LogP contribution in [0.25, 0.3) is 0 Å². The first-order valence-corrected chi connectivity index (χ1v) is 8.92. The second-order valence-electron chi connectivity index (χ2n) is 6.96. The van der Waals surface area contributed by atoms with Crippen molar-refractivity contribution in [3.8, 4) is 6.07 Å². The zero-order chi connectivity index (χ0) is 16.9. The van der Waals surface area contributed by atoms with Gasteiger partial charge in [0.15, 0.2) is 0 Å². The summed E-state index contributed by atoms with van der Waals surface area (Å²) in [6, 6.07) is 7.77. The SMILES string of the molecule is N#Cc1cc(NC(=O)CC2CCCC2)ccc1N1CCC(O)CC1. The van der Waals surface area contributed by atoms with Gasteiger partial charge < -0.3 is 15.3 Å². The Morgan fingerprint density at radius 3 is 2.62 bits per heavy atom. The van der Waals surface area contributed by atoms with Gasteiger partial charge in [0, 0.05) is 25.2 Å². The third-order valence-electron chi connectivity index (χ3n) is 5.15. The number of hydrogen-bond acceptors (Lipinski definition) is 4. The predicted octanol–water partition coefficient (Wildman–Crippen LogP) is 3.04. The molecule has 1 saturated heterocycles. The number of nitrogens with one attached hydrogen (secondary N) is 1. The smallest absolute Gasteiger partial charge is 0.224 e. The molecule has 0 radical (unpaired) electrons. The highest BCUT2D eigenvalue weighted by Gasteiger charge is 2.21. The number of rotatable bonds is 4. The quantitative estimate of drug-likeness (QED) is 0.891. The zero-order valence-corrected chi connectivity index (χ0v) is 14.0. The lowest BCUT2D eigenvalue weighted by atomic mass is 10.0. The molecule has 3 rings (SSSR count). The molecule has 128 valence electrons. The fourth-order valence-corrected chi connectivity index (χ4v) is 3.77. The molecule has 0 unspecified atom stereocenters. The second kappa shape index (κ2) is 7.67. The van der Waals surface area contributed by atoms with E-state index in [1.165, 1.54) is 12.8 Å². The van der Waals surface area contributed by atoms with Crippen molar-refractivity contribution in [2.75, 3.05) is 23.3 Å². The molecule has 0 bridgehead atoms. The Hall–Kier alpha value is -2.06. The van der Waals surface area contributed by atoms with Crippen LogP contribution in [0.15, 0.2) is 18.2 Å². The number of hydrogen-bond donors (Lipinski definition) is 2. The minimum Gasteiger partial charge on any atom is -0.393 e. The lowest BCUT2D eigenvalue weighted by Gasteiger charge is -2.32. The number of carbonyl (C=O) groups is 1. The molecule has 0 aromatic heterocycles. The maximum absolute atomic E-state index is 12.2. The van der Waals surface area contributed by atoms with Gasteiger partial charge >= 0.3 is 0 Å². The molecule has 2 aliphatic rings. The van der Waals surface area contributed by atoms with Crippen LogP contribution in [0.2, 0.25) is 0 Å². The molecular weight excluding hydrogens is 302 g/mol. The van der Waals surface area contributed by atoms with E-state index in [2.05, 4.69) is 16.3 Å². The van der Waals surface area contributed by atoms with E-state index in [0.717, 1.165) is 44.5 Å². The van der Waals surface area contributed by atoms with Gasteiger partial charge in [-0.25, -0.2) is 0 Å². The first kappa shape index (κ1) is 16.8. The summed E-state index contributed by atoms with van der Waals surface area (Å²) >= 11 is 0. The average molecular weight is 327 g/mol. The van der Waals surface area contributed by atoms with Gasteiger partial charge in [0.25, 0.3) is 0 Å². The molecule has 1 aliphatic heterocycles. The number of aliphatic hydroxyl groups is 1. The van der Waals surface area contributed by atoms with E-state index in [0.29, 0.717) is 23.6 Å². The number of piperidine rings is 1. The summed E-state index contributed by atoms with van der Waals surface area (Å²) in [5, 5.41) is 22.0. The third kappa shape index (κ3) is 4.07. The van der Waals surface area contributed by atoms with Crippen molar-refractivity contribution in [2.45, 2.75) is 51.0 Å². The van der Waals surface area contributed by atoms with Crippen LogP contribution in [0.4, 0.5) is 11.4 Å². The minimum absolute atomic E-state index is 0.0413. The van der Waals surface area contributed by atoms with Crippen molar-refractivity contribution in [2.24, 2.45) is 5.92 Å². The molecule has 0 atom stereocenters. The van der Waals surface area contributed by atoms with E-state index in [-0.39, 0.29) is 12.0 Å². The monoisotopic (exact) mass is 327 g/mol. The summed E-state index contributed by atoms with van der Waals surface area (Å²) in [7, 11) is 0. The summed E-state index contributed by atoms with van der Waals surface area (Å²) in [6.07, 6.45) is 6.56. The Morgan fingerprint density at radius 2 is 1.96 bits per heavy atom. The molecule has 1 aromatic carbocycles. The highest BCUT2D eigenvalue weighted by Crippen LogP contribution is 2.29. The highest BCUT2D eigenvalue weighted by atomic mass is 16.3. The first-order chi connectivity index (χ1) is 11.7. The zero-order valence-electron chi connectivity index (χ0n) is 14.0. The van der Waals surface area contributed by atoms with Crippen LogP contribution >= 0.6 is 0 Å². The number of anilines is 2. The number of aliphatic hydroxyl groups excluding tert-OH is 1. The number of carbonyl (C=O) groups excluding carboxylic acids is 1. The largest absolute Gasteiger partial charge is 0.393 e. The van der Waals surface area contributed by atoms with Crippen molar-refractivity contribution in [1.29, 1.82) is 5.26 Å². The molecule has 1 aliphatic carbocycles. The minimum atomic E-state index is -0.235. The van der Waals surface area contributed by atoms with E-state index in [1.807, 2.05) is 12.1 Å². The van der Waals surface area contributed by atoms with Crippen LogP contribution in [0.3, 0.4) is 0 Å². The van der Waals surface area contributed by atoms with Crippen LogP contribution in [0.1, 0.15) is 50.5 Å².